The zero-order chi connectivity index (χ0) is 12.1. The van der Waals surface area contributed by atoms with Crippen LogP contribution in [0.25, 0.3) is 0 Å². The number of rotatable bonds is 2. The number of thiophene rings is 1. The van der Waals surface area contributed by atoms with Crippen molar-refractivity contribution in [3.05, 3.63) is 21.9 Å². The first-order valence-electron chi connectivity index (χ1n) is 4.89. The molecule has 0 fully saturated rings. The lowest BCUT2D eigenvalue weighted by atomic mass is 10.4. The lowest BCUT2D eigenvalue weighted by molar-refractivity contribution is 0.597. The van der Waals surface area contributed by atoms with Crippen molar-refractivity contribution in [3.63, 3.8) is 0 Å². The molecule has 4 N–H and O–H groups in total. The highest BCUT2D eigenvalue weighted by molar-refractivity contribution is 7.11. The van der Waals surface area contributed by atoms with E-state index in [2.05, 4.69) is 23.6 Å². The Morgan fingerprint density at radius 2 is 2.06 bits per heavy atom. The van der Waals surface area contributed by atoms with Crippen molar-refractivity contribution in [1.29, 1.82) is 10.8 Å². The Hall–Kier alpha value is -1.56. The van der Waals surface area contributed by atoms with E-state index < -0.39 is 0 Å². The second kappa shape index (κ2) is 5.50. The molecule has 0 aliphatic carbocycles. The van der Waals surface area contributed by atoms with Gasteiger partial charge in [-0.1, -0.05) is 0 Å². The Labute approximate surface area is 99.5 Å². The predicted molar refractivity (Wildman–Crippen MR) is 68.2 cm³/mol. The molecule has 0 spiro atoms. The molecule has 0 aromatic carbocycles. The van der Waals surface area contributed by atoms with Crippen molar-refractivity contribution in [2.75, 3.05) is 14.1 Å². The standard InChI is InChI=1S/C10H17N5S/c1-7-4-5-8(16-7)6-13-9(11)14-10(12)15(2)3/h4-5H,6H2,1-3H3,(H4,11,12,13,14). The van der Waals surface area contributed by atoms with Gasteiger partial charge in [-0.3, -0.25) is 16.1 Å². The Morgan fingerprint density at radius 3 is 2.56 bits per heavy atom. The van der Waals surface area contributed by atoms with E-state index in [1.807, 2.05) is 6.07 Å². The summed E-state index contributed by atoms with van der Waals surface area (Å²) in [5, 5.41) is 20.6. The van der Waals surface area contributed by atoms with Gasteiger partial charge in [0, 0.05) is 23.8 Å². The third kappa shape index (κ3) is 3.90. The number of hydrogen-bond acceptors (Lipinski definition) is 3. The van der Waals surface area contributed by atoms with Gasteiger partial charge in [-0.25, -0.2) is 0 Å². The molecule has 0 unspecified atom stereocenters. The minimum atomic E-state index is 0.143. The van der Waals surface area contributed by atoms with Crippen LogP contribution in [0.4, 0.5) is 0 Å². The van der Waals surface area contributed by atoms with Gasteiger partial charge in [-0.2, -0.15) is 0 Å². The number of aryl methyl sites for hydroxylation is 1. The van der Waals surface area contributed by atoms with E-state index in [4.69, 9.17) is 10.8 Å². The monoisotopic (exact) mass is 239 g/mol. The molecule has 6 heteroatoms. The Balaban J connectivity index is 2.33. The van der Waals surface area contributed by atoms with Crippen molar-refractivity contribution >= 4 is 23.3 Å². The molecular formula is C10H17N5S. The van der Waals surface area contributed by atoms with E-state index >= 15 is 0 Å². The largest absolute Gasteiger partial charge is 0.351 e. The van der Waals surface area contributed by atoms with E-state index in [0.29, 0.717) is 6.54 Å². The molecular weight excluding hydrogens is 222 g/mol. The summed E-state index contributed by atoms with van der Waals surface area (Å²) in [7, 11) is 3.51. The van der Waals surface area contributed by atoms with Gasteiger partial charge < -0.3 is 10.2 Å². The van der Waals surface area contributed by atoms with Crippen LogP contribution in [0.2, 0.25) is 0 Å². The molecule has 0 atom stereocenters. The van der Waals surface area contributed by atoms with Crippen LogP contribution in [0.3, 0.4) is 0 Å². The van der Waals surface area contributed by atoms with Crippen LogP contribution < -0.4 is 10.6 Å². The fraction of sp³-hybridized carbons (Fsp3) is 0.400. The highest BCUT2D eigenvalue weighted by atomic mass is 32.1. The van der Waals surface area contributed by atoms with Crippen LogP contribution in [-0.4, -0.2) is 30.9 Å². The summed E-state index contributed by atoms with van der Waals surface area (Å²) in [6, 6.07) is 4.10. The van der Waals surface area contributed by atoms with Gasteiger partial charge in [0.15, 0.2) is 11.9 Å². The van der Waals surface area contributed by atoms with Crippen LogP contribution in [-0.2, 0) is 6.54 Å². The van der Waals surface area contributed by atoms with Crippen molar-refractivity contribution in [2.45, 2.75) is 13.5 Å². The zero-order valence-corrected chi connectivity index (χ0v) is 10.5. The molecule has 1 heterocycles. The van der Waals surface area contributed by atoms with Crippen LogP contribution >= 0.6 is 11.3 Å². The number of nitrogens with one attached hydrogen (secondary N) is 4. The Kier molecular flexibility index (Phi) is 4.30. The molecule has 1 aromatic rings. The van der Waals surface area contributed by atoms with E-state index in [0.717, 1.165) is 0 Å². The zero-order valence-electron chi connectivity index (χ0n) is 9.72. The maximum Gasteiger partial charge on any atom is 0.197 e. The summed E-state index contributed by atoms with van der Waals surface area (Å²) >= 11 is 1.70. The van der Waals surface area contributed by atoms with Crippen LogP contribution in [0.1, 0.15) is 9.75 Å². The molecule has 1 rings (SSSR count). The lowest BCUT2D eigenvalue weighted by Gasteiger charge is -2.16. The van der Waals surface area contributed by atoms with Crippen LogP contribution in [0, 0.1) is 17.7 Å². The van der Waals surface area contributed by atoms with Crippen LogP contribution in [0.5, 0.6) is 0 Å². The topological polar surface area (TPSA) is 75.0 Å². The van der Waals surface area contributed by atoms with Gasteiger partial charge in [0.25, 0.3) is 0 Å². The molecule has 88 valence electrons. The van der Waals surface area contributed by atoms with Gasteiger partial charge in [-0.15, -0.1) is 11.3 Å². The van der Waals surface area contributed by atoms with Gasteiger partial charge >= 0.3 is 0 Å². The first-order chi connectivity index (χ1) is 7.49. The third-order valence-corrected chi connectivity index (χ3v) is 2.93. The fourth-order valence-electron chi connectivity index (χ4n) is 1.03. The van der Waals surface area contributed by atoms with Crippen molar-refractivity contribution in [3.8, 4) is 0 Å². The normalized spacial score (nSPS) is 9.69. The summed E-state index contributed by atoms with van der Waals surface area (Å²) in [6.07, 6.45) is 0. The minimum Gasteiger partial charge on any atom is -0.351 e. The lowest BCUT2D eigenvalue weighted by Crippen LogP contribution is -2.44. The molecule has 16 heavy (non-hydrogen) atoms. The molecule has 1 aromatic heterocycles. The van der Waals surface area contributed by atoms with E-state index in [-0.39, 0.29) is 11.9 Å². The SMILES string of the molecule is Cc1ccc(CNC(=N)NC(=N)N(C)C)s1. The number of nitrogens with zero attached hydrogens (tertiary/aromatic N) is 1. The number of hydrogen-bond donors (Lipinski definition) is 4. The van der Waals surface area contributed by atoms with Crippen LogP contribution in [0.15, 0.2) is 12.1 Å². The average Bonchev–Trinajstić information content (AvgIpc) is 2.61. The minimum absolute atomic E-state index is 0.143. The van der Waals surface area contributed by atoms with Gasteiger partial charge in [0.1, 0.15) is 0 Å². The molecule has 0 saturated heterocycles. The quantitative estimate of drug-likeness (QED) is 0.462. The molecule has 5 nitrogen and oxygen atoms in total. The molecule has 0 saturated carbocycles. The number of guanidine groups is 2. The van der Waals surface area contributed by atoms with Crippen molar-refractivity contribution < 1.29 is 0 Å². The van der Waals surface area contributed by atoms with Crippen molar-refractivity contribution in [1.82, 2.24) is 15.5 Å². The third-order valence-electron chi connectivity index (χ3n) is 1.93. The Morgan fingerprint density at radius 1 is 1.38 bits per heavy atom. The second-order valence-corrected chi connectivity index (χ2v) is 4.98. The molecule has 0 aliphatic heterocycles. The highest BCUT2D eigenvalue weighted by Crippen LogP contribution is 2.14. The van der Waals surface area contributed by atoms with Gasteiger partial charge in [-0.05, 0) is 19.1 Å². The Bertz CT molecular complexity index is 382. The molecule has 0 bridgehead atoms. The van der Waals surface area contributed by atoms with E-state index in [1.165, 1.54) is 9.75 Å². The van der Waals surface area contributed by atoms with Crippen molar-refractivity contribution in [2.24, 2.45) is 0 Å². The summed E-state index contributed by atoms with van der Waals surface area (Å²) in [4.78, 5) is 4.05. The van der Waals surface area contributed by atoms with Gasteiger partial charge in [0.05, 0.1) is 6.54 Å². The second-order valence-electron chi connectivity index (χ2n) is 3.61. The summed E-state index contributed by atoms with van der Waals surface area (Å²) < 4.78 is 0. The molecule has 0 radical (unpaired) electrons. The first kappa shape index (κ1) is 12.5. The molecule has 0 aliphatic rings. The van der Waals surface area contributed by atoms with E-state index in [9.17, 15) is 0 Å². The average molecular weight is 239 g/mol. The van der Waals surface area contributed by atoms with Gasteiger partial charge in [0.2, 0.25) is 0 Å². The predicted octanol–water partition coefficient (Wildman–Crippen LogP) is 1.17. The summed E-state index contributed by atoms with van der Waals surface area (Å²) in [5.74, 6) is 0.338. The highest BCUT2D eigenvalue weighted by Gasteiger charge is 2.02. The fourth-order valence-corrected chi connectivity index (χ4v) is 1.86. The van der Waals surface area contributed by atoms with E-state index in [1.54, 1.807) is 30.3 Å². The maximum atomic E-state index is 7.58. The summed E-state index contributed by atoms with van der Waals surface area (Å²) in [6.45, 7) is 2.67. The maximum absolute atomic E-state index is 7.58. The molecule has 0 amide bonds. The smallest absolute Gasteiger partial charge is 0.197 e. The first-order valence-corrected chi connectivity index (χ1v) is 5.71. The summed E-state index contributed by atoms with van der Waals surface area (Å²) in [5.41, 5.74) is 0.